The Kier molecular flexibility index (Phi) is 4.47. The number of rotatable bonds is 4. The summed E-state index contributed by atoms with van der Waals surface area (Å²) in [7, 11) is 0. The van der Waals surface area contributed by atoms with Gasteiger partial charge in [0.05, 0.1) is 11.7 Å². The van der Waals surface area contributed by atoms with Gasteiger partial charge in [-0.15, -0.1) is 0 Å². The lowest BCUT2D eigenvalue weighted by molar-refractivity contribution is 0.102. The van der Waals surface area contributed by atoms with E-state index >= 15 is 0 Å². The van der Waals surface area contributed by atoms with Gasteiger partial charge in [-0.3, -0.25) is 4.79 Å². The van der Waals surface area contributed by atoms with Crippen molar-refractivity contribution in [1.29, 1.82) is 0 Å². The van der Waals surface area contributed by atoms with Gasteiger partial charge in [-0.2, -0.15) is 0 Å². The third-order valence-electron chi connectivity index (χ3n) is 2.53. The summed E-state index contributed by atoms with van der Waals surface area (Å²) < 4.78 is 31.2. The van der Waals surface area contributed by atoms with E-state index in [1.807, 2.05) is 13.8 Å². The topological polar surface area (TPSA) is 51.2 Å². The molecule has 6 heteroatoms. The van der Waals surface area contributed by atoms with Gasteiger partial charge in [0.2, 0.25) is 5.88 Å². The number of pyridine rings is 1. The van der Waals surface area contributed by atoms with Gasteiger partial charge in [-0.1, -0.05) is 0 Å². The number of anilines is 1. The summed E-state index contributed by atoms with van der Waals surface area (Å²) in [6.07, 6.45) is 1.34. The number of amides is 1. The van der Waals surface area contributed by atoms with Crippen LogP contribution in [0.4, 0.5) is 14.5 Å². The van der Waals surface area contributed by atoms with Gasteiger partial charge in [-0.05, 0) is 32.0 Å². The summed E-state index contributed by atoms with van der Waals surface area (Å²) in [5.74, 6) is -2.05. The molecule has 1 heterocycles. The van der Waals surface area contributed by atoms with Crippen molar-refractivity contribution in [3.8, 4) is 5.88 Å². The predicted molar refractivity (Wildman–Crippen MR) is 74.3 cm³/mol. The quantitative estimate of drug-likeness (QED) is 0.939. The molecule has 0 saturated heterocycles. The Balaban J connectivity index is 2.07. The first-order chi connectivity index (χ1) is 9.95. The van der Waals surface area contributed by atoms with E-state index < -0.39 is 17.5 Å². The van der Waals surface area contributed by atoms with Crippen molar-refractivity contribution in [3.63, 3.8) is 0 Å². The molecule has 0 bridgehead atoms. The van der Waals surface area contributed by atoms with Gasteiger partial charge in [0.1, 0.15) is 0 Å². The molecule has 0 atom stereocenters. The van der Waals surface area contributed by atoms with Crippen LogP contribution in [-0.4, -0.2) is 17.0 Å². The number of hydrogen-bond acceptors (Lipinski definition) is 3. The van der Waals surface area contributed by atoms with Gasteiger partial charge >= 0.3 is 0 Å². The van der Waals surface area contributed by atoms with Gasteiger partial charge in [0, 0.05) is 24.0 Å². The molecule has 0 aliphatic carbocycles. The van der Waals surface area contributed by atoms with E-state index in [-0.39, 0.29) is 17.4 Å². The Morgan fingerprint density at radius 2 is 1.95 bits per heavy atom. The van der Waals surface area contributed by atoms with Crippen LogP contribution >= 0.6 is 0 Å². The van der Waals surface area contributed by atoms with Crippen molar-refractivity contribution in [2.45, 2.75) is 20.0 Å². The average molecular weight is 292 g/mol. The molecule has 21 heavy (non-hydrogen) atoms. The summed E-state index contributed by atoms with van der Waals surface area (Å²) in [6, 6.07) is 6.25. The number of ether oxygens (including phenoxy) is 1. The molecular weight excluding hydrogens is 278 g/mol. The number of halogens is 2. The molecule has 2 aromatic rings. The third-order valence-corrected chi connectivity index (χ3v) is 2.53. The van der Waals surface area contributed by atoms with Gasteiger partial charge in [0.15, 0.2) is 11.6 Å². The molecule has 0 unspecified atom stereocenters. The van der Waals surface area contributed by atoms with Crippen LogP contribution in [0.15, 0.2) is 36.5 Å². The van der Waals surface area contributed by atoms with Crippen LogP contribution in [0, 0.1) is 11.6 Å². The van der Waals surface area contributed by atoms with Crippen molar-refractivity contribution >= 4 is 11.6 Å². The van der Waals surface area contributed by atoms with Crippen LogP contribution < -0.4 is 10.1 Å². The first-order valence-corrected chi connectivity index (χ1v) is 6.35. The molecule has 0 saturated carbocycles. The minimum atomic E-state index is -1.02. The molecule has 1 amide bonds. The summed E-state index contributed by atoms with van der Waals surface area (Å²) in [6.45, 7) is 3.73. The number of carbonyl (C=O) groups excluding carboxylic acids is 1. The van der Waals surface area contributed by atoms with Crippen LogP contribution in [0.3, 0.4) is 0 Å². The maximum Gasteiger partial charge on any atom is 0.257 e. The largest absolute Gasteiger partial charge is 0.475 e. The Labute approximate surface area is 120 Å². The molecule has 0 aliphatic heterocycles. The highest BCUT2D eigenvalue weighted by molar-refractivity contribution is 6.04. The fourth-order valence-corrected chi connectivity index (χ4v) is 1.60. The summed E-state index contributed by atoms with van der Waals surface area (Å²) in [5, 5.41) is 2.46. The van der Waals surface area contributed by atoms with Crippen molar-refractivity contribution < 1.29 is 18.3 Å². The molecule has 0 radical (unpaired) electrons. The molecule has 0 spiro atoms. The lowest BCUT2D eigenvalue weighted by Crippen LogP contribution is -2.13. The highest BCUT2D eigenvalue weighted by atomic mass is 19.2. The molecule has 1 N–H and O–H groups in total. The zero-order chi connectivity index (χ0) is 15.4. The number of hydrogen-bond donors (Lipinski definition) is 1. The molecule has 2 rings (SSSR count). The lowest BCUT2D eigenvalue weighted by Gasteiger charge is -2.09. The van der Waals surface area contributed by atoms with E-state index in [4.69, 9.17) is 4.74 Å². The number of benzene rings is 1. The van der Waals surface area contributed by atoms with Gasteiger partial charge < -0.3 is 10.1 Å². The first kappa shape index (κ1) is 14.9. The van der Waals surface area contributed by atoms with E-state index in [1.54, 1.807) is 12.1 Å². The van der Waals surface area contributed by atoms with Crippen LogP contribution in [0.2, 0.25) is 0 Å². The van der Waals surface area contributed by atoms with Crippen molar-refractivity contribution in [2.75, 3.05) is 5.32 Å². The van der Waals surface area contributed by atoms with Crippen LogP contribution in [0.5, 0.6) is 5.88 Å². The van der Waals surface area contributed by atoms with Crippen LogP contribution in [-0.2, 0) is 0 Å². The third kappa shape index (κ3) is 3.98. The minimum absolute atomic E-state index is 0.0145. The zero-order valence-electron chi connectivity index (χ0n) is 11.6. The zero-order valence-corrected chi connectivity index (χ0v) is 11.6. The molecule has 1 aromatic carbocycles. The lowest BCUT2D eigenvalue weighted by atomic mass is 10.2. The van der Waals surface area contributed by atoms with Gasteiger partial charge in [0.25, 0.3) is 5.91 Å². The minimum Gasteiger partial charge on any atom is -0.475 e. The van der Waals surface area contributed by atoms with E-state index in [9.17, 15) is 13.6 Å². The number of nitrogens with one attached hydrogen (secondary N) is 1. The highest BCUT2D eigenvalue weighted by Gasteiger charge is 2.09. The molecule has 1 aromatic heterocycles. The monoisotopic (exact) mass is 292 g/mol. The summed E-state index contributed by atoms with van der Waals surface area (Å²) in [4.78, 5) is 15.9. The predicted octanol–water partition coefficient (Wildman–Crippen LogP) is 3.40. The van der Waals surface area contributed by atoms with Crippen molar-refractivity contribution in [1.82, 2.24) is 4.98 Å². The second-order valence-electron chi connectivity index (χ2n) is 4.63. The van der Waals surface area contributed by atoms with E-state index in [0.29, 0.717) is 5.88 Å². The Hall–Kier alpha value is -2.50. The normalized spacial score (nSPS) is 10.5. The standard InChI is InChI=1S/C15H14F2N2O2/c1-9(2)21-14-6-3-10(8-18-14)15(20)19-11-4-5-12(16)13(17)7-11/h3-9H,1-2H3,(H,19,20). The smallest absolute Gasteiger partial charge is 0.257 e. The fraction of sp³-hybridized carbons (Fsp3) is 0.200. The second-order valence-corrected chi connectivity index (χ2v) is 4.63. The maximum absolute atomic E-state index is 13.1. The summed E-state index contributed by atoms with van der Waals surface area (Å²) >= 11 is 0. The fourth-order valence-electron chi connectivity index (χ4n) is 1.60. The van der Waals surface area contributed by atoms with Crippen molar-refractivity contribution in [3.05, 3.63) is 53.7 Å². The molecule has 0 aliphatic rings. The Morgan fingerprint density at radius 1 is 1.19 bits per heavy atom. The van der Waals surface area contributed by atoms with Crippen LogP contribution in [0.1, 0.15) is 24.2 Å². The van der Waals surface area contributed by atoms with E-state index in [1.165, 1.54) is 12.3 Å². The molecular formula is C15H14F2N2O2. The van der Waals surface area contributed by atoms with Crippen molar-refractivity contribution in [2.24, 2.45) is 0 Å². The number of carbonyl (C=O) groups is 1. The highest BCUT2D eigenvalue weighted by Crippen LogP contribution is 2.15. The molecule has 0 fully saturated rings. The molecule has 4 nitrogen and oxygen atoms in total. The Morgan fingerprint density at radius 3 is 2.52 bits per heavy atom. The average Bonchev–Trinajstić information content (AvgIpc) is 2.43. The Bertz CT molecular complexity index is 643. The SMILES string of the molecule is CC(C)Oc1ccc(C(=O)Nc2ccc(F)c(F)c2)cn1. The first-order valence-electron chi connectivity index (χ1n) is 6.35. The van der Waals surface area contributed by atoms with Crippen LogP contribution in [0.25, 0.3) is 0 Å². The van der Waals surface area contributed by atoms with E-state index in [2.05, 4.69) is 10.3 Å². The number of nitrogens with zero attached hydrogens (tertiary/aromatic N) is 1. The maximum atomic E-state index is 13.1. The van der Waals surface area contributed by atoms with E-state index in [0.717, 1.165) is 12.1 Å². The summed E-state index contributed by atoms with van der Waals surface area (Å²) in [5.41, 5.74) is 0.456. The number of aromatic nitrogens is 1. The molecule has 110 valence electrons. The second kappa shape index (κ2) is 6.30. The van der Waals surface area contributed by atoms with Gasteiger partial charge in [-0.25, -0.2) is 13.8 Å².